The smallest absolute Gasteiger partial charge is 0.162 e. The Morgan fingerprint density at radius 1 is 0.885 bits per heavy atom. The summed E-state index contributed by atoms with van der Waals surface area (Å²) >= 11 is 0. The van der Waals surface area contributed by atoms with Gasteiger partial charge >= 0.3 is 0 Å². The highest BCUT2D eigenvalue weighted by molar-refractivity contribution is 5.62. The lowest BCUT2D eigenvalue weighted by atomic mass is 9.99. The van der Waals surface area contributed by atoms with Gasteiger partial charge in [-0.05, 0) is 63.3 Å². The van der Waals surface area contributed by atoms with Crippen molar-refractivity contribution >= 4 is 5.69 Å². The van der Waals surface area contributed by atoms with Crippen LogP contribution in [-0.4, -0.2) is 0 Å². The normalized spacial score (nSPS) is 21.7. The van der Waals surface area contributed by atoms with E-state index in [9.17, 15) is 0 Å². The molecule has 0 bridgehead atoms. The summed E-state index contributed by atoms with van der Waals surface area (Å²) < 4.78 is 9.16. The van der Waals surface area contributed by atoms with Crippen molar-refractivity contribution in [1.29, 1.82) is 0 Å². The second kappa shape index (κ2) is 6.83. The van der Waals surface area contributed by atoms with Crippen LogP contribution in [0.25, 0.3) is 0 Å². The summed E-state index contributed by atoms with van der Waals surface area (Å²) in [6.45, 7) is 8.74. The fraction of sp³-hybridized carbons (Fsp3) is 0.417. The maximum atomic E-state index is 9.16. The predicted octanol–water partition coefficient (Wildman–Crippen LogP) is 6.14. The van der Waals surface area contributed by atoms with Crippen molar-refractivity contribution in [1.82, 2.24) is 5.31 Å². The van der Waals surface area contributed by atoms with Crippen LogP contribution < -0.4 is 10.2 Å². The molecule has 1 fully saturated rings. The van der Waals surface area contributed by atoms with Crippen LogP contribution >= 0.6 is 0 Å². The van der Waals surface area contributed by atoms with E-state index in [2.05, 4.69) is 75.1 Å². The van der Waals surface area contributed by atoms with Gasteiger partial charge in [0.1, 0.15) is 6.17 Å². The van der Waals surface area contributed by atoms with Gasteiger partial charge in [0.2, 0.25) is 0 Å². The zero-order valence-corrected chi connectivity index (χ0v) is 16.4. The Kier molecular flexibility index (Phi) is 4.20. The largest absolute Gasteiger partial charge is 0.363 e. The lowest BCUT2D eigenvalue weighted by Crippen LogP contribution is -2.31. The standard InChI is InChI=1S/C24H30N2/c1-16-10-5-8-15-21(16)26-19(4)23(20-13-6-7-14-20)25-24(26)22-17(2)11-9-12-18(22)3/h5,8-12,15,20,24-25H,6-7,13-14H2,1-4H3/i/hD. The second-order valence-electron chi connectivity index (χ2n) is 7.92. The van der Waals surface area contributed by atoms with Gasteiger partial charge in [0.05, 0.1) is 0 Å². The number of hydrogen-bond acceptors (Lipinski definition) is 2. The first-order valence-electron chi connectivity index (χ1n) is 10.3. The molecule has 4 rings (SSSR count). The van der Waals surface area contributed by atoms with E-state index in [4.69, 9.17) is 1.41 Å². The number of aryl methyl sites for hydroxylation is 3. The molecule has 0 aromatic heterocycles. The molecule has 2 nitrogen and oxygen atoms in total. The molecule has 2 aromatic rings. The van der Waals surface area contributed by atoms with E-state index in [-0.39, 0.29) is 6.17 Å². The Labute approximate surface area is 159 Å². The number of para-hydroxylation sites is 1. The van der Waals surface area contributed by atoms with Gasteiger partial charge < -0.3 is 10.2 Å². The predicted molar refractivity (Wildman–Crippen MR) is 110 cm³/mol. The molecule has 1 atom stereocenters. The van der Waals surface area contributed by atoms with Gasteiger partial charge in [-0.1, -0.05) is 49.2 Å². The van der Waals surface area contributed by atoms with E-state index < -0.39 is 0 Å². The molecule has 0 saturated heterocycles. The van der Waals surface area contributed by atoms with Crippen LogP contribution in [0.2, 0.25) is 1.41 Å². The number of anilines is 1. The van der Waals surface area contributed by atoms with E-state index in [1.165, 1.54) is 65.0 Å². The van der Waals surface area contributed by atoms with Crippen LogP contribution in [0.5, 0.6) is 0 Å². The molecule has 0 radical (unpaired) electrons. The Balaban J connectivity index is 1.90. The first kappa shape index (κ1) is 16.0. The fourth-order valence-corrected chi connectivity index (χ4v) is 4.76. The van der Waals surface area contributed by atoms with Crippen LogP contribution in [0.1, 0.15) is 61.0 Å². The number of benzene rings is 2. The molecule has 1 N–H and O–H groups in total. The minimum absolute atomic E-state index is 0.0945. The second-order valence-corrected chi connectivity index (χ2v) is 7.92. The molecule has 26 heavy (non-hydrogen) atoms. The van der Waals surface area contributed by atoms with Crippen molar-refractivity contribution in [2.75, 3.05) is 4.90 Å². The van der Waals surface area contributed by atoms with Crippen molar-refractivity contribution < 1.29 is 1.41 Å². The van der Waals surface area contributed by atoms with Crippen molar-refractivity contribution in [3.8, 4) is 0 Å². The van der Waals surface area contributed by atoms with Crippen LogP contribution in [0.4, 0.5) is 5.69 Å². The monoisotopic (exact) mass is 347 g/mol. The van der Waals surface area contributed by atoms with Gasteiger partial charge in [0.25, 0.3) is 0 Å². The molecule has 0 spiro atoms. The summed E-state index contributed by atoms with van der Waals surface area (Å²) in [4.78, 5) is 2.41. The number of hydrogen-bond donors (Lipinski definition) is 1. The molecule has 2 aliphatic rings. The summed E-state index contributed by atoms with van der Waals surface area (Å²) in [6.07, 6.45) is 4.90. The molecule has 1 saturated carbocycles. The van der Waals surface area contributed by atoms with Gasteiger partial charge in [-0.3, -0.25) is 0 Å². The van der Waals surface area contributed by atoms with Gasteiger partial charge in [-0.25, -0.2) is 0 Å². The highest BCUT2D eigenvalue weighted by Gasteiger charge is 2.36. The highest BCUT2D eigenvalue weighted by Crippen LogP contribution is 2.43. The highest BCUT2D eigenvalue weighted by atomic mass is 15.3. The Morgan fingerprint density at radius 3 is 2.15 bits per heavy atom. The quantitative estimate of drug-likeness (QED) is 0.717. The maximum Gasteiger partial charge on any atom is 0.162 e. The number of rotatable bonds is 3. The lowest BCUT2D eigenvalue weighted by Gasteiger charge is -2.31. The Hall–Kier alpha value is -2.22. The molecule has 1 unspecified atom stereocenters. The summed E-state index contributed by atoms with van der Waals surface area (Å²) in [5, 5.41) is 1.83. The van der Waals surface area contributed by atoms with Crippen molar-refractivity contribution in [2.24, 2.45) is 5.92 Å². The molecular formula is C24H30N2. The molecule has 2 heteroatoms. The van der Waals surface area contributed by atoms with Crippen molar-refractivity contribution in [2.45, 2.75) is 59.5 Å². The molecule has 136 valence electrons. The van der Waals surface area contributed by atoms with Crippen LogP contribution in [0, 0.1) is 26.7 Å². The molecular weight excluding hydrogens is 316 g/mol. The third kappa shape index (κ3) is 2.82. The third-order valence-corrected chi connectivity index (χ3v) is 6.16. The van der Waals surface area contributed by atoms with Crippen molar-refractivity contribution in [3.05, 3.63) is 76.1 Å². The van der Waals surface area contributed by atoms with E-state index in [1.807, 2.05) is 5.31 Å². The van der Waals surface area contributed by atoms with E-state index in [0.717, 1.165) is 0 Å². The first-order chi connectivity index (χ1) is 13.0. The molecule has 2 aromatic carbocycles. The van der Waals surface area contributed by atoms with Crippen LogP contribution in [0.3, 0.4) is 0 Å². The fourth-order valence-electron chi connectivity index (χ4n) is 4.76. The SMILES string of the molecule is [2H]N1C(C2CCCC2)=C(C)N(c2ccccc2C)C1c1c(C)cccc1C. The lowest BCUT2D eigenvalue weighted by molar-refractivity contribution is 0.550. The number of allylic oxidation sites excluding steroid dienone is 2. The average Bonchev–Trinajstić information content (AvgIpc) is 3.23. The average molecular weight is 348 g/mol. The summed E-state index contributed by atoms with van der Waals surface area (Å²) in [5.41, 5.74) is 8.74. The summed E-state index contributed by atoms with van der Waals surface area (Å²) in [6, 6.07) is 15.0. The van der Waals surface area contributed by atoms with Gasteiger partial charge in [0, 0.05) is 28.6 Å². The molecule has 0 amide bonds. The van der Waals surface area contributed by atoms with Crippen LogP contribution in [0.15, 0.2) is 53.9 Å². The van der Waals surface area contributed by atoms with Crippen molar-refractivity contribution in [3.63, 3.8) is 0 Å². The zero-order valence-electron chi connectivity index (χ0n) is 17.4. The Bertz CT molecular complexity index is 859. The third-order valence-electron chi connectivity index (χ3n) is 6.16. The first-order valence-corrected chi connectivity index (χ1v) is 9.90. The zero-order chi connectivity index (χ0) is 19.1. The minimum Gasteiger partial charge on any atom is -0.363 e. The number of nitrogens with zero attached hydrogens (tertiary/aromatic N) is 1. The molecule has 1 aliphatic carbocycles. The molecule has 1 heterocycles. The van der Waals surface area contributed by atoms with Gasteiger partial charge in [0.15, 0.2) is 1.41 Å². The van der Waals surface area contributed by atoms with E-state index in [1.54, 1.807) is 0 Å². The van der Waals surface area contributed by atoms with E-state index >= 15 is 0 Å². The number of nitrogens with one attached hydrogen (secondary N) is 1. The van der Waals surface area contributed by atoms with E-state index in [0.29, 0.717) is 5.92 Å². The minimum atomic E-state index is -0.0945. The molecule has 1 aliphatic heterocycles. The topological polar surface area (TPSA) is 15.3 Å². The van der Waals surface area contributed by atoms with Gasteiger partial charge in [-0.15, -0.1) is 0 Å². The van der Waals surface area contributed by atoms with Gasteiger partial charge in [-0.2, -0.15) is 0 Å². The summed E-state index contributed by atoms with van der Waals surface area (Å²) in [7, 11) is 0. The Morgan fingerprint density at radius 2 is 1.50 bits per heavy atom. The van der Waals surface area contributed by atoms with Crippen LogP contribution in [-0.2, 0) is 0 Å². The summed E-state index contributed by atoms with van der Waals surface area (Å²) in [5.74, 6) is 0.517. The maximum absolute atomic E-state index is 9.16.